The maximum Gasteiger partial charge on any atom is 0.171 e. The number of hydrogen-bond donors (Lipinski definition) is 0. The number of aryl methyl sites for hydroxylation is 1. The van der Waals surface area contributed by atoms with E-state index < -0.39 is 7.51 Å². The molecule has 0 saturated carbocycles. The van der Waals surface area contributed by atoms with E-state index in [1.54, 1.807) is 0 Å². The average molecular weight is 268 g/mol. The zero-order chi connectivity index (χ0) is 13.9. The first kappa shape index (κ1) is 15.4. The van der Waals surface area contributed by atoms with Crippen molar-refractivity contribution in [3.8, 4) is 0 Å². The van der Waals surface area contributed by atoms with Gasteiger partial charge in [0.2, 0.25) is 0 Å². The lowest BCUT2D eigenvalue weighted by Gasteiger charge is -2.41. The second-order valence-electron chi connectivity index (χ2n) is 5.01. The van der Waals surface area contributed by atoms with E-state index in [0.717, 1.165) is 5.69 Å². The summed E-state index contributed by atoms with van der Waals surface area (Å²) >= 11 is 0. The van der Waals surface area contributed by atoms with Gasteiger partial charge in [-0.25, -0.2) is 4.74 Å². The van der Waals surface area contributed by atoms with Gasteiger partial charge in [0.15, 0.2) is 7.51 Å². The minimum Gasteiger partial charge on any atom is -0.252 e. The molecule has 0 aliphatic rings. The summed E-state index contributed by atoms with van der Waals surface area (Å²) in [5, 5.41) is 0. The Balaban J connectivity index is 3.38. The van der Waals surface area contributed by atoms with Crippen LogP contribution in [0.15, 0.2) is 29.0 Å². The number of nitrogens with zero attached hydrogens (tertiary/aromatic N) is 4. The largest absolute Gasteiger partial charge is 0.252 e. The molecule has 0 amide bonds. The van der Waals surface area contributed by atoms with E-state index in [-0.39, 0.29) is 0 Å². The summed E-state index contributed by atoms with van der Waals surface area (Å²) in [4.78, 5) is 0. The standard InChI is InChI=1S/C13H25N4P/c1-12-8-10-13(11-9-12)14-18(15(2)3,16(4)5)17(6)7/h8-11H,1-7H3. The van der Waals surface area contributed by atoms with Crippen molar-refractivity contribution >= 4 is 13.2 Å². The Labute approximate surface area is 111 Å². The Morgan fingerprint density at radius 2 is 1.17 bits per heavy atom. The lowest BCUT2D eigenvalue weighted by molar-refractivity contribution is 0.474. The second-order valence-corrected chi connectivity index (χ2v) is 8.69. The van der Waals surface area contributed by atoms with Gasteiger partial charge >= 0.3 is 0 Å². The predicted octanol–water partition coefficient (Wildman–Crippen LogP) is 3.26. The van der Waals surface area contributed by atoms with Gasteiger partial charge in [-0.05, 0) is 61.3 Å². The molecule has 18 heavy (non-hydrogen) atoms. The minimum absolute atomic E-state index is 1.03. The van der Waals surface area contributed by atoms with Gasteiger partial charge in [0.05, 0.1) is 5.69 Å². The van der Waals surface area contributed by atoms with Crippen molar-refractivity contribution in [1.82, 2.24) is 14.0 Å². The van der Waals surface area contributed by atoms with Crippen LogP contribution in [-0.2, 0) is 0 Å². The number of hydrogen-bond acceptors (Lipinski definition) is 1. The first-order valence-corrected chi connectivity index (χ1v) is 7.63. The van der Waals surface area contributed by atoms with Crippen LogP contribution >= 0.6 is 7.51 Å². The Morgan fingerprint density at radius 1 is 0.778 bits per heavy atom. The van der Waals surface area contributed by atoms with Crippen molar-refractivity contribution in [2.24, 2.45) is 4.74 Å². The van der Waals surface area contributed by atoms with Crippen LogP contribution in [0.1, 0.15) is 5.56 Å². The molecule has 0 spiro atoms. The molecule has 0 aromatic heterocycles. The van der Waals surface area contributed by atoms with Crippen LogP contribution in [0.4, 0.5) is 5.69 Å². The molecule has 0 heterocycles. The first-order valence-electron chi connectivity index (χ1n) is 6.03. The maximum atomic E-state index is 5.02. The van der Waals surface area contributed by atoms with E-state index in [4.69, 9.17) is 4.74 Å². The molecule has 0 saturated heterocycles. The molecule has 1 rings (SSSR count). The van der Waals surface area contributed by atoms with Gasteiger partial charge in [-0.15, -0.1) is 0 Å². The fraction of sp³-hybridized carbons (Fsp3) is 0.538. The molecule has 4 nitrogen and oxygen atoms in total. The Hall–Kier alpha value is -0.670. The molecule has 0 N–H and O–H groups in total. The Bertz CT molecular complexity index is 406. The Morgan fingerprint density at radius 3 is 1.50 bits per heavy atom. The first-order chi connectivity index (χ1) is 8.30. The van der Waals surface area contributed by atoms with Crippen LogP contribution in [0.5, 0.6) is 0 Å². The van der Waals surface area contributed by atoms with Gasteiger partial charge in [-0.1, -0.05) is 17.7 Å². The topological polar surface area (TPSA) is 22.1 Å². The van der Waals surface area contributed by atoms with Gasteiger partial charge in [0, 0.05) is 0 Å². The quantitative estimate of drug-likeness (QED) is 0.783. The predicted molar refractivity (Wildman–Crippen MR) is 81.2 cm³/mol. The lowest BCUT2D eigenvalue weighted by atomic mass is 10.2. The molecular weight excluding hydrogens is 243 g/mol. The molecular formula is C13H25N4P. The third kappa shape index (κ3) is 3.01. The van der Waals surface area contributed by atoms with Crippen molar-refractivity contribution in [2.45, 2.75) is 6.92 Å². The molecule has 1 aromatic carbocycles. The number of rotatable bonds is 4. The van der Waals surface area contributed by atoms with Gasteiger partial charge < -0.3 is 0 Å². The minimum atomic E-state index is -1.82. The molecule has 0 atom stereocenters. The molecule has 0 aliphatic carbocycles. The van der Waals surface area contributed by atoms with E-state index in [1.807, 2.05) is 0 Å². The monoisotopic (exact) mass is 268 g/mol. The average Bonchev–Trinajstić information content (AvgIpc) is 2.26. The van der Waals surface area contributed by atoms with Crippen LogP contribution in [0, 0.1) is 6.92 Å². The van der Waals surface area contributed by atoms with Gasteiger partial charge in [0.25, 0.3) is 0 Å². The summed E-state index contributed by atoms with van der Waals surface area (Å²) in [5.41, 5.74) is 2.29. The van der Waals surface area contributed by atoms with Gasteiger partial charge in [0.1, 0.15) is 0 Å². The summed E-state index contributed by atoms with van der Waals surface area (Å²) < 4.78 is 11.7. The second kappa shape index (κ2) is 5.98. The maximum absolute atomic E-state index is 5.02. The van der Waals surface area contributed by atoms with Crippen molar-refractivity contribution < 1.29 is 0 Å². The van der Waals surface area contributed by atoms with Crippen molar-refractivity contribution in [2.75, 3.05) is 42.3 Å². The highest BCUT2D eigenvalue weighted by Gasteiger charge is 2.28. The third-order valence-corrected chi connectivity index (χ3v) is 6.61. The SMILES string of the molecule is Cc1ccc(N=P(N(C)C)(N(C)C)N(C)C)cc1. The third-order valence-electron chi connectivity index (χ3n) is 2.89. The molecule has 0 bridgehead atoms. The summed E-state index contributed by atoms with van der Waals surface area (Å²) in [6.07, 6.45) is 0. The summed E-state index contributed by atoms with van der Waals surface area (Å²) in [7, 11) is 10.7. The molecule has 0 fully saturated rings. The van der Waals surface area contributed by atoms with E-state index in [0.29, 0.717) is 0 Å². The molecule has 102 valence electrons. The van der Waals surface area contributed by atoms with Crippen LogP contribution in [0.2, 0.25) is 0 Å². The van der Waals surface area contributed by atoms with Crippen LogP contribution < -0.4 is 0 Å². The normalized spacial score (nSPS) is 12.6. The molecule has 0 aliphatic heterocycles. The molecule has 0 unspecified atom stereocenters. The van der Waals surface area contributed by atoms with E-state index in [1.165, 1.54) is 5.56 Å². The van der Waals surface area contributed by atoms with E-state index in [2.05, 4.69) is 87.5 Å². The zero-order valence-corrected chi connectivity index (χ0v) is 13.4. The molecule has 5 heteroatoms. The fourth-order valence-electron chi connectivity index (χ4n) is 2.11. The van der Waals surface area contributed by atoms with Crippen LogP contribution in [0.25, 0.3) is 0 Å². The smallest absolute Gasteiger partial charge is 0.171 e. The van der Waals surface area contributed by atoms with E-state index in [9.17, 15) is 0 Å². The highest BCUT2D eigenvalue weighted by molar-refractivity contribution is 7.59. The van der Waals surface area contributed by atoms with Gasteiger partial charge in [-0.3, -0.25) is 14.0 Å². The molecule has 0 radical (unpaired) electrons. The van der Waals surface area contributed by atoms with Crippen molar-refractivity contribution in [3.63, 3.8) is 0 Å². The highest BCUT2D eigenvalue weighted by Crippen LogP contribution is 2.56. The zero-order valence-electron chi connectivity index (χ0n) is 12.5. The lowest BCUT2D eigenvalue weighted by Crippen LogP contribution is -2.30. The number of benzene rings is 1. The Kier molecular flexibility index (Phi) is 5.11. The van der Waals surface area contributed by atoms with Crippen LogP contribution in [-0.4, -0.2) is 56.3 Å². The van der Waals surface area contributed by atoms with Crippen LogP contribution in [0.3, 0.4) is 0 Å². The highest BCUT2D eigenvalue weighted by atomic mass is 31.2. The van der Waals surface area contributed by atoms with Crippen molar-refractivity contribution in [3.05, 3.63) is 29.8 Å². The summed E-state index contributed by atoms with van der Waals surface area (Å²) in [6.45, 7) is 2.09. The summed E-state index contributed by atoms with van der Waals surface area (Å²) in [5.74, 6) is 0. The summed E-state index contributed by atoms with van der Waals surface area (Å²) in [6, 6.07) is 8.38. The van der Waals surface area contributed by atoms with E-state index >= 15 is 0 Å². The van der Waals surface area contributed by atoms with Crippen molar-refractivity contribution in [1.29, 1.82) is 0 Å². The van der Waals surface area contributed by atoms with Gasteiger partial charge in [-0.2, -0.15) is 0 Å². The fourth-order valence-corrected chi connectivity index (χ4v) is 5.23. The molecule has 1 aromatic rings.